The minimum Gasteiger partial charge on any atom is -0.487 e. The topological polar surface area (TPSA) is 114 Å². The van der Waals surface area contributed by atoms with Crippen LogP contribution < -0.4 is 9.47 Å². The number of nitrogens with zero attached hydrogens (tertiary/aromatic N) is 1. The molecule has 2 atom stereocenters. The van der Waals surface area contributed by atoms with Gasteiger partial charge in [0.2, 0.25) is 0 Å². The van der Waals surface area contributed by atoms with Crippen LogP contribution in [-0.4, -0.2) is 34.5 Å². The fraction of sp³-hybridized carbons (Fsp3) is 0.636. The van der Waals surface area contributed by atoms with E-state index in [0.29, 0.717) is 24.3 Å². The summed E-state index contributed by atoms with van der Waals surface area (Å²) in [5, 5.41) is 11.3. The van der Waals surface area contributed by atoms with Gasteiger partial charge in [-0.25, -0.2) is 4.79 Å². The number of esters is 1. The number of ether oxygens (including phenoxy) is 4. The van der Waals surface area contributed by atoms with E-state index in [9.17, 15) is 19.7 Å². The Morgan fingerprint density at radius 3 is 2.32 bits per heavy atom. The van der Waals surface area contributed by atoms with Gasteiger partial charge in [-0.05, 0) is 78.0 Å². The third-order valence-electron chi connectivity index (χ3n) is 5.28. The number of benzene rings is 1. The number of carbonyl (C=O) groups excluding carboxylic acids is 2. The van der Waals surface area contributed by atoms with Crippen LogP contribution in [0.4, 0.5) is 4.79 Å². The Morgan fingerprint density at radius 2 is 1.81 bits per heavy atom. The van der Waals surface area contributed by atoms with E-state index in [0.717, 1.165) is 29.2 Å². The van der Waals surface area contributed by atoms with E-state index in [1.54, 1.807) is 27.7 Å². The van der Waals surface area contributed by atoms with Gasteiger partial charge in [-0.3, -0.25) is 14.9 Å². The van der Waals surface area contributed by atoms with E-state index in [1.807, 2.05) is 20.8 Å². The molecular weight excluding hydrogens is 406 g/mol. The lowest BCUT2D eigenvalue weighted by atomic mass is 9.85. The summed E-state index contributed by atoms with van der Waals surface area (Å²) in [5.41, 5.74) is 1.56. The molecule has 1 aromatic carbocycles. The molecule has 0 aliphatic carbocycles. The van der Waals surface area contributed by atoms with Gasteiger partial charge in [-0.1, -0.05) is 0 Å². The number of rotatable bonds is 5. The number of hydrogen-bond donors (Lipinski definition) is 0. The quantitative estimate of drug-likeness (QED) is 0.216. The largest absolute Gasteiger partial charge is 0.514 e. The number of carbonyl (C=O) groups is 2. The Balaban J connectivity index is 2.34. The Labute approximate surface area is 182 Å². The fourth-order valence-electron chi connectivity index (χ4n) is 3.65. The molecule has 0 bridgehead atoms. The third kappa shape index (κ3) is 5.86. The van der Waals surface area contributed by atoms with Crippen LogP contribution in [-0.2, 0) is 20.7 Å². The van der Waals surface area contributed by atoms with E-state index < -0.39 is 34.5 Å². The van der Waals surface area contributed by atoms with E-state index in [-0.39, 0.29) is 6.42 Å². The summed E-state index contributed by atoms with van der Waals surface area (Å²) in [4.78, 5) is 34.2. The summed E-state index contributed by atoms with van der Waals surface area (Å²) in [6.45, 7) is 13.7. The lowest BCUT2D eigenvalue weighted by Crippen LogP contribution is -2.43. The SMILES string of the molecule is CC(=O)O[C@@H](CC1(C)CCc2c(C)c(OC(=O)OC(C)(C)C)c(C)c(C)c2O1)[N+](=O)[O-]. The highest BCUT2D eigenvalue weighted by Gasteiger charge is 2.41. The predicted molar refractivity (Wildman–Crippen MR) is 112 cm³/mol. The molecule has 0 saturated heterocycles. The summed E-state index contributed by atoms with van der Waals surface area (Å²) in [6.07, 6.45) is -1.31. The first-order valence-corrected chi connectivity index (χ1v) is 10.2. The smallest absolute Gasteiger partial charge is 0.487 e. The van der Waals surface area contributed by atoms with Crippen LogP contribution in [0.3, 0.4) is 0 Å². The standard InChI is InChI=1S/C22H31NO8/c1-12-13(2)19-16(14(3)18(12)29-20(25)31-21(5,6)7)9-10-22(8,30-19)11-17(23(26)27)28-15(4)24/h17H,9-11H2,1-8H3/t17-,22?/m0/s1. The van der Waals surface area contributed by atoms with Crippen molar-refractivity contribution in [1.29, 1.82) is 0 Å². The minimum absolute atomic E-state index is 0.0767. The van der Waals surface area contributed by atoms with Gasteiger partial charge in [0, 0.05) is 12.5 Å². The first-order chi connectivity index (χ1) is 14.1. The lowest BCUT2D eigenvalue weighted by molar-refractivity contribution is -0.571. The van der Waals surface area contributed by atoms with Gasteiger partial charge in [-0.15, -0.1) is 0 Å². The molecule has 0 spiro atoms. The summed E-state index contributed by atoms with van der Waals surface area (Å²) < 4.78 is 21.9. The average Bonchev–Trinajstić information content (AvgIpc) is 2.60. The second-order valence-corrected chi connectivity index (χ2v) is 9.18. The van der Waals surface area contributed by atoms with Gasteiger partial charge in [0.15, 0.2) is 0 Å². The molecule has 1 aliphatic heterocycles. The van der Waals surface area contributed by atoms with Crippen molar-refractivity contribution in [1.82, 2.24) is 0 Å². The Hall–Kier alpha value is -2.84. The maximum absolute atomic E-state index is 12.2. The lowest BCUT2D eigenvalue weighted by Gasteiger charge is -2.38. The molecule has 1 heterocycles. The van der Waals surface area contributed by atoms with Crippen LogP contribution in [0.25, 0.3) is 0 Å². The summed E-state index contributed by atoms with van der Waals surface area (Å²) >= 11 is 0. The van der Waals surface area contributed by atoms with E-state index in [1.165, 1.54) is 0 Å². The van der Waals surface area contributed by atoms with Gasteiger partial charge in [0.05, 0.1) is 11.3 Å². The van der Waals surface area contributed by atoms with Gasteiger partial charge >= 0.3 is 18.4 Å². The highest BCUT2D eigenvalue weighted by molar-refractivity contribution is 5.69. The number of nitro groups is 1. The molecular formula is C22H31NO8. The Bertz CT molecular complexity index is 902. The highest BCUT2D eigenvalue weighted by Crippen LogP contribution is 2.45. The van der Waals surface area contributed by atoms with Crippen LogP contribution >= 0.6 is 0 Å². The summed E-state index contributed by atoms with van der Waals surface area (Å²) in [7, 11) is 0. The number of hydrogen-bond acceptors (Lipinski definition) is 8. The second-order valence-electron chi connectivity index (χ2n) is 9.18. The van der Waals surface area contributed by atoms with Crippen molar-refractivity contribution in [3.05, 3.63) is 32.4 Å². The predicted octanol–water partition coefficient (Wildman–Crippen LogP) is 4.57. The molecule has 0 saturated carbocycles. The molecule has 0 N–H and O–H groups in total. The molecule has 1 aromatic rings. The van der Waals surface area contributed by atoms with Crippen molar-refractivity contribution in [2.24, 2.45) is 0 Å². The summed E-state index contributed by atoms with van der Waals surface area (Å²) in [5.74, 6) is 0.333. The Morgan fingerprint density at radius 1 is 1.19 bits per heavy atom. The van der Waals surface area contributed by atoms with Crippen molar-refractivity contribution in [3.8, 4) is 11.5 Å². The molecule has 1 unspecified atom stereocenters. The molecule has 2 rings (SSSR count). The summed E-state index contributed by atoms with van der Waals surface area (Å²) in [6, 6.07) is 0. The molecule has 0 radical (unpaired) electrons. The maximum atomic E-state index is 12.2. The zero-order valence-corrected chi connectivity index (χ0v) is 19.4. The first kappa shape index (κ1) is 24.4. The fourth-order valence-corrected chi connectivity index (χ4v) is 3.65. The molecule has 172 valence electrons. The molecule has 9 heteroatoms. The normalized spacial score (nSPS) is 19.0. The zero-order chi connectivity index (χ0) is 23.7. The monoisotopic (exact) mass is 437 g/mol. The number of fused-ring (bicyclic) bond motifs is 1. The van der Waals surface area contributed by atoms with E-state index in [4.69, 9.17) is 18.9 Å². The molecule has 31 heavy (non-hydrogen) atoms. The molecule has 9 nitrogen and oxygen atoms in total. The van der Waals surface area contributed by atoms with Crippen molar-refractivity contribution < 1.29 is 33.5 Å². The molecule has 0 aromatic heterocycles. The molecule has 0 fully saturated rings. The highest BCUT2D eigenvalue weighted by atomic mass is 16.7. The van der Waals surface area contributed by atoms with Crippen molar-refractivity contribution in [3.63, 3.8) is 0 Å². The van der Waals surface area contributed by atoms with Crippen LogP contribution in [0.2, 0.25) is 0 Å². The van der Waals surface area contributed by atoms with Crippen LogP contribution in [0, 0.1) is 30.9 Å². The average molecular weight is 437 g/mol. The zero-order valence-electron chi connectivity index (χ0n) is 19.4. The van der Waals surface area contributed by atoms with Crippen molar-refractivity contribution >= 4 is 12.1 Å². The minimum atomic E-state index is -1.48. The maximum Gasteiger partial charge on any atom is 0.514 e. The van der Waals surface area contributed by atoms with Crippen molar-refractivity contribution in [2.75, 3.05) is 0 Å². The van der Waals surface area contributed by atoms with Gasteiger partial charge in [0.1, 0.15) is 22.7 Å². The Kier molecular flexibility index (Phi) is 6.87. The third-order valence-corrected chi connectivity index (χ3v) is 5.28. The van der Waals surface area contributed by atoms with Crippen LogP contribution in [0.1, 0.15) is 69.7 Å². The van der Waals surface area contributed by atoms with Crippen molar-refractivity contribution in [2.45, 2.75) is 92.1 Å². The van der Waals surface area contributed by atoms with Gasteiger partial charge < -0.3 is 18.9 Å². The van der Waals surface area contributed by atoms with Crippen LogP contribution in [0.15, 0.2) is 0 Å². The van der Waals surface area contributed by atoms with E-state index in [2.05, 4.69) is 0 Å². The second kappa shape index (κ2) is 8.72. The van der Waals surface area contributed by atoms with Gasteiger partial charge in [0.25, 0.3) is 0 Å². The molecule has 0 amide bonds. The van der Waals surface area contributed by atoms with Crippen LogP contribution in [0.5, 0.6) is 11.5 Å². The molecule has 1 aliphatic rings. The van der Waals surface area contributed by atoms with E-state index >= 15 is 0 Å². The first-order valence-electron chi connectivity index (χ1n) is 10.2. The van der Waals surface area contributed by atoms with Gasteiger partial charge in [-0.2, -0.15) is 0 Å².